The molecule has 1 fully saturated rings. The lowest BCUT2D eigenvalue weighted by molar-refractivity contribution is 0.102. The largest absolute Gasteiger partial charge is 0.375 e. The highest BCUT2D eigenvalue weighted by molar-refractivity contribution is 7.22. The first-order valence-corrected chi connectivity index (χ1v) is 9.49. The van der Waals surface area contributed by atoms with Gasteiger partial charge in [0.1, 0.15) is 0 Å². The van der Waals surface area contributed by atoms with Gasteiger partial charge < -0.3 is 16.4 Å². The Hall–Kier alpha value is -2.52. The first-order valence-electron chi connectivity index (χ1n) is 8.67. The molecule has 3 aromatic rings. The minimum absolute atomic E-state index is 0.269. The number of nitrogens with one attached hydrogen (secondary N) is 2. The monoisotopic (exact) mass is 371 g/mol. The number of fused-ring (bicyclic) bond motifs is 1. The number of aryl methyl sites for hydroxylation is 1. The SMILES string of the molecule is Cc1cc(NC(=O)c2cn(CC3CCCNC3)nn2)cc2sc(N)nc12. The van der Waals surface area contributed by atoms with E-state index in [2.05, 4.69) is 25.9 Å². The zero-order valence-electron chi connectivity index (χ0n) is 14.5. The van der Waals surface area contributed by atoms with Gasteiger partial charge in [0.15, 0.2) is 10.8 Å². The summed E-state index contributed by atoms with van der Waals surface area (Å²) in [7, 11) is 0. The van der Waals surface area contributed by atoms with Gasteiger partial charge in [-0.05, 0) is 56.5 Å². The Morgan fingerprint density at radius 3 is 3.19 bits per heavy atom. The molecule has 1 amide bonds. The molecular formula is C17H21N7OS. The molecule has 1 saturated heterocycles. The van der Waals surface area contributed by atoms with E-state index in [0.29, 0.717) is 22.4 Å². The van der Waals surface area contributed by atoms with Gasteiger partial charge in [0.2, 0.25) is 0 Å². The summed E-state index contributed by atoms with van der Waals surface area (Å²) in [6.45, 7) is 4.79. The molecule has 0 bridgehead atoms. The molecule has 0 radical (unpaired) electrons. The molecule has 2 aromatic heterocycles. The van der Waals surface area contributed by atoms with Gasteiger partial charge >= 0.3 is 0 Å². The first-order chi connectivity index (χ1) is 12.6. The Kier molecular flexibility index (Phi) is 4.56. The number of hydrogen-bond acceptors (Lipinski definition) is 7. The van der Waals surface area contributed by atoms with E-state index in [0.717, 1.165) is 35.4 Å². The maximum atomic E-state index is 12.5. The second-order valence-electron chi connectivity index (χ2n) is 6.68. The topological polar surface area (TPSA) is 111 Å². The summed E-state index contributed by atoms with van der Waals surface area (Å²) >= 11 is 1.40. The molecule has 136 valence electrons. The van der Waals surface area contributed by atoms with Crippen LogP contribution < -0.4 is 16.4 Å². The van der Waals surface area contributed by atoms with Gasteiger partial charge in [-0.3, -0.25) is 9.48 Å². The summed E-state index contributed by atoms with van der Waals surface area (Å²) < 4.78 is 2.71. The lowest BCUT2D eigenvalue weighted by atomic mass is 10.00. The molecule has 0 spiro atoms. The molecule has 3 heterocycles. The summed E-state index contributed by atoms with van der Waals surface area (Å²) in [5.74, 6) is 0.262. The number of amides is 1. The summed E-state index contributed by atoms with van der Waals surface area (Å²) in [6.07, 6.45) is 4.06. The van der Waals surface area contributed by atoms with Crippen LogP contribution in [-0.4, -0.2) is 39.0 Å². The smallest absolute Gasteiger partial charge is 0.277 e. The van der Waals surface area contributed by atoms with Crippen molar-refractivity contribution in [3.8, 4) is 0 Å². The number of carbonyl (C=O) groups is 1. The van der Waals surface area contributed by atoms with Gasteiger partial charge in [-0.1, -0.05) is 16.6 Å². The lowest BCUT2D eigenvalue weighted by Gasteiger charge is -2.22. The molecule has 26 heavy (non-hydrogen) atoms. The van der Waals surface area contributed by atoms with Crippen molar-refractivity contribution in [2.45, 2.75) is 26.3 Å². The number of hydrogen-bond donors (Lipinski definition) is 3. The molecule has 0 saturated carbocycles. The lowest BCUT2D eigenvalue weighted by Crippen LogP contribution is -2.32. The number of anilines is 2. The average molecular weight is 371 g/mol. The zero-order chi connectivity index (χ0) is 18.1. The molecule has 1 aromatic carbocycles. The molecule has 4 rings (SSSR count). The van der Waals surface area contributed by atoms with Crippen LogP contribution in [-0.2, 0) is 6.54 Å². The van der Waals surface area contributed by atoms with E-state index in [-0.39, 0.29) is 5.91 Å². The molecule has 1 aliphatic heterocycles. The van der Waals surface area contributed by atoms with Crippen LogP contribution in [0.5, 0.6) is 0 Å². The minimum atomic E-state index is -0.269. The number of rotatable bonds is 4. The molecule has 4 N–H and O–H groups in total. The molecule has 1 unspecified atom stereocenters. The quantitative estimate of drug-likeness (QED) is 0.647. The predicted molar refractivity (Wildman–Crippen MR) is 102 cm³/mol. The number of thiazole rings is 1. The van der Waals surface area contributed by atoms with Crippen molar-refractivity contribution in [3.05, 3.63) is 29.6 Å². The fourth-order valence-corrected chi connectivity index (χ4v) is 4.17. The fraction of sp³-hybridized carbons (Fsp3) is 0.412. The van der Waals surface area contributed by atoms with Gasteiger partial charge in [-0.15, -0.1) is 5.10 Å². The standard InChI is InChI=1S/C17H21N7OS/c1-10-5-12(6-14-15(10)21-17(18)26-14)20-16(25)13-9-24(23-22-13)8-11-3-2-4-19-7-11/h5-6,9,11,19H,2-4,7-8H2,1H3,(H2,18,21)(H,20,25). The van der Waals surface area contributed by atoms with Crippen molar-refractivity contribution in [3.63, 3.8) is 0 Å². The van der Waals surface area contributed by atoms with Crippen molar-refractivity contribution in [1.29, 1.82) is 0 Å². The molecule has 8 nitrogen and oxygen atoms in total. The van der Waals surface area contributed by atoms with Crippen LogP contribution in [0, 0.1) is 12.8 Å². The Balaban J connectivity index is 1.46. The summed E-state index contributed by atoms with van der Waals surface area (Å²) in [5, 5.41) is 14.9. The van der Waals surface area contributed by atoms with Crippen LogP contribution in [0.2, 0.25) is 0 Å². The number of nitrogens with two attached hydrogens (primary N) is 1. The Morgan fingerprint density at radius 1 is 1.50 bits per heavy atom. The number of nitrogen functional groups attached to an aromatic ring is 1. The summed E-state index contributed by atoms with van der Waals surface area (Å²) in [5.41, 5.74) is 8.64. The molecule has 9 heteroatoms. The molecule has 1 atom stereocenters. The van der Waals surface area contributed by atoms with Crippen molar-refractivity contribution in [2.75, 3.05) is 24.1 Å². The van der Waals surface area contributed by atoms with Crippen molar-refractivity contribution < 1.29 is 4.79 Å². The van der Waals surface area contributed by atoms with Gasteiger partial charge in [0, 0.05) is 12.2 Å². The fourth-order valence-electron chi connectivity index (χ4n) is 3.32. The van der Waals surface area contributed by atoms with Gasteiger partial charge in [0.05, 0.1) is 16.4 Å². The van der Waals surface area contributed by atoms with Crippen LogP contribution in [0.4, 0.5) is 10.8 Å². The normalized spacial score (nSPS) is 17.5. The number of carbonyl (C=O) groups excluding carboxylic acids is 1. The van der Waals surface area contributed by atoms with E-state index >= 15 is 0 Å². The van der Waals surface area contributed by atoms with E-state index in [1.165, 1.54) is 24.2 Å². The van der Waals surface area contributed by atoms with Crippen molar-refractivity contribution >= 4 is 38.3 Å². The van der Waals surface area contributed by atoms with E-state index < -0.39 is 0 Å². The van der Waals surface area contributed by atoms with Crippen LogP contribution >= 0.6 is 11.3 Å². The van der Waals surface area contributed by atoms with E-state index in [9.17, 15) is 4.79 Å². The van der Waals surface area contributed by atoms with Crippen LogP contribution in [0.15, 0.2) is 18.3 Å². The molecule has 0 aliphatic carbocycles. The molecule has 1 aliphatic rings. The average Bonchev–Trinajstić information content (AvgIpc) is 3.22. The first kappa shape index (κ1) is 16.9. The Labute approximate surface area is 154 Å². The second-order valence-corrected chi connectivity index (χ2v) is 7.75. The van der Waals surface area contributed by atoms with Crippen LogP contribution in [0.25, 0.3) is 10.2 Å². The maximum Gasteiger partial charge on any atom is 0.277 e. The third-order valence-corrected chi connectivity index (χ3v) is 5.41. The van der Waals surface area contributed by atoms with Gasteiger partial charge in [0.25, 0.3) is 5.91 Å². The van der Waals surface area contributed by atoms with Gasteiger partial charge in [-0.25, -0.2) is 4.98 Å². The summed E-state index contributed by atoms with van der Waals surface area (Å²) in [4.78, 5) is 16.8. The van der Waals surface area contributed by atoms with Crippen LogP contribution in [0.1, 0.15) is 28.9 Å². The van der Waals surface area contributed by atoms with E-state index in [1.54, 1.807) is 10.9 Å². The van der Waals surface area contributed by atoms with Crippen molar-refractivity contribution in [2.24, 2.45) is 5.92 Å². The minimum Gasteiger partial charge on any atom is -0.375 e. The Morgan fingerprint density at radius 2 is 2.38 bits per heavy atom. The highest BCUT2D eigenvalue weighted by atomic mass is 32.1. The third kappa shape index (κ3) is 3.54. The van der Waals surface area contributed by atoms with Crippen molar-refractivity contribution in [1.82, 2.24) is 25.3 Å². The van der Waals surface area contributed by atoms with E-state index in [1.807, 2.05) is 19.1 Å². The third-order valence-electron chi connectivity index (χ3n) is 4.58. The van der Waals surface area contributed by atoms with Crippen LogP contribution in [0.3, 0.4) is 0 Å². The number of piperidine rings is 1. The number of aromatic nitrogens is 4. The number of nitrogens with zero attached hydrogens (tertiary/aromatic N) is 4. The Bertz CT molecular complexity index is 942. The highest BCUT2D eigenvalue weighted by Crippen LogP contribution is 2.29. The molecular weight excluding hydrogens is 350 g/mol. The maximum absolute atomic E-state index is 12.5. The zero-order valence-corrected chi connectivity index (χ0v) is 15.3. The summed E-state index contributed by atoms with van der Waals surface area (Å²) in [6, 6.07) is 3.77. The predicted octanol–water partition coefficient (Wildman–Crippen LogP) is 2.03. The van der Waals surface area contributed by atoms with E-state index in [4.69, 9.17) is 5.73 Å². The van der Waals surface area contributed by atoms with Gasteiger partial charge in [-0.2, -0.15) is 0 Å². The number of benzene rings is 1. The second kappa shape index (κ2) is 7.00. The highest BCUT2D eigenvalue weighted by Gasteiger charge is 2.17.